The number of nitrogens with zero attached hydrogens (tertiary/aromatic N) is 3. The molecule has 1 fully saturated rings. The monoisotopic (exact) mass is 318 g/mol. The molecule has 0 spiro atoms. The quantitative estimate of drug-likeness (QED) is 0.919. The number of aromatic nitrogens is 3. The van der Waals surface area contributed by atoms with E-state index in [1.165, 1.54) is 0 Å². The average Bonchev–Trinajstić information content (AvgIpc) is 3.17. The van der Waals surface area contributed by atoms with Gasteiger partial charge in [-0.25, -0.2) is 4.79 Å². The number of aromatic amines is 1. The van der Waals surface area contributed by atoms with E-state index in [0.29, 0.717) is 24.8 Å². The summed E-state index contributed by atoms with van der Waals surface area (Å²) in [6, 6.07) is 3.78. The Labute approximate surface area is 135 Å². The van der Waals surface area contributed by atoms with Gasteiger partial charge in [-0.15, -0.1) is 0 Å². The molecule has 1 atom stereocenters. The highest BCUT2D eigenvalue weighted by atomic mass is 16.6. The number of nitrogens with one attached hydrogen (secondary N) is 1. The predicted octanol–water partition coefficient (Wildman–Crippen LogP) is 3.18. The van der Waals surface area contributed by atoms with E-state index in [0.717, 1.165) is 18.5 Å². The predicted molar refractivity (Wildman–Crippen MR) is 83.9 cm³/mol. The van der Waals surface area contributed by atoms with Gasteiger partial charge in [0.2, 0.25) is 11.7 Å². The minimum atomic E-state index is -0.491. The first-order chi connectivity index (χ1) is 10.9. The van der Waals surface area contributed by atoms with E-state index in [4.69, 9.17) is 9.26 Å². The molecule has 1 aliphatic rings. The van der Waals surface area contributed by atoms with Gasteiger partial charge in [-0.1, -0.05) is 5.16 Å². The van der Waals surface area contributed by atoms with Gasteiger partial charge in [-0.2, -0.15) is 4.98 Å². The summed E-state index contributed by atoms with van der Waals surface area (Å²) in [7, 11) is 0. The van der Waals surface area contributed by atoms with Crippen molar-refractivity contribution >= 4 is 6.09 Å². The van der Waals surface area contributed by atoms with Gasteiger partial charge >= 0.3 is 6.09 Å². The molecule has 7 nitrogen and oxygen atoms in total. The number of carbonyl (C=O) groups excluding carboxylic acids is 1. The number of ether oxygens (including phenoxy) is 1. The SMILES string of the molecule is CC(C)(C)OC(=O)N1CCCC(c2nc(-c3ccc[nH]3)no2)C1. The normalized spacial score (nSPS) is 18.9. The summed E-state index contributed by atoms with van der Waals surface area (Å²) in [5.74, 6) is 1.16. The molecule has 1 unspecified atom stereocenters. The summed E-state index contributed by atoms with van der Waals surface area (Å²) in [6.07, 6.45) is 3.35. The maximum absolute atomic E-state index is 12.2. The number of likely N-dealkylation sites (tertiary alicyclic amines) is 1. The van der Waals surface area contributed by atoms with Gasteiger partial charge in [0.1, 0.15) is 5.60 Å². The second kappa shape index (κ2) is 6.06. The summed E-state index contributed by atoms with van der Waals surface area (Å²) >= 11 is 0. The van der Waals surface area contributed by atoms with Crippen LogP contribution in [0.3, 0.4) is 0 Å². The van der Waals surface area contributed by atoms with Gasteiger partial charge in [-0.3, -0.25) is 0 Å². The average molecular weight is 318 g/mol. The fourth-order valence-electron chi connectivity index (χ4n) is 2.65. The fraction of sp³-hybridized carbons (Fsp3) is 0.562. The van der Waals surface area contributed by atoms with Crippen molar-refractivity contribution in [1.82, 2.24) is 20.0 Å². The number of hydrogen-bond donors (Lipinski definition) is 1. The van der Waals surface area contributed by atoms with Gasteiger partial charge in [0, 0.05) is 19.3 Å². The minimum Gasteiger partial charge on any atom is -0.444 e. The Hall–Kier alpha value is -2.31. The Morgan fingerprint density at radius 2 is 2.30 bits per heavy atom. The van der Waals surface area contributed by atoms with Crippen LogP contribution in [0, 0.1) is 0 Å². The summed E-state index contributed by atoms with van der Waals surface area (Å²) < 4.78 is 10.8. The molecule has 0 radical (unpaired) electrons. The van der Waals surface area contributed by atoms with Crippen LogP contribution < -0.4 is 0 Å². The van der Waals surface area contributed by atoms with E-state index in [-0.39, 0.29) is 12.0 Å². The molecule has 3 rings (SSSR count). The third-order valence-electron chi connectivity index (χ3n) is 3.70. The number of carbonyl (C=O) groups is 1. The molecule has 3 heterocycles. The van der Waals surface area contributed by atoms with E-state index in [1.807, 2.05) is 39.1 Å². The summed E-state index contributed by atoms with van der Waals surface area (Å²) in [4.78, 5) is 21.4. The maximum atomic E-state index is 12.2. The van der Waals surface area contributed by atoms with Crippen LogP contribution >= 0.6 is 0 Å². The van der Waals surface area contributed by atoms with Crippen molar-refractivity contribution in [3.05, 3.63) is 24.2 Å². The van der Waals surface area contributed by atoms with Crippen LogP contribution in [0.1, 0.15) is 45.4 Å². The Bertz CT molecular complexity index is 657. The lowest BCUT2D eigenvalue weighted by atomic mass is 9.98. The summed E-state index contributed by atoms with van der Waals surface area (Å²) in [5, 5.41) is 4.01. The number of amides is 1. The molecule has 124 valence electrons. The number of hydrogen-bond acceptors (Lipinski definition) is 5. The molecule has 0 aromatic carbocycles. The zero-order valence-electron chi connectivity index (χ0n) is 13.7. The van der Waals surface area contributed by atoms with Crippen LogP contribution in [0.2, 0.25) is 0 Å². The molecule has 2 aromatic heterocycles. The van der Waals surface area contributed by atoms with Crippen LogP contribution in [-0.2, 0) is 4.74 Å². The Balaban J connectivity index is 1.68. The van der Waals surface area contributed by atoms with Crippen LogP contribution in [0.25, 0.3) is 11.5 Å². The van der Waals surface area contributed by atoms with Crippen LogP contribution in [0.4, 0.5) is 4.79 Å². The first-order valence-electron chi connectivity index (χ1n) is 7.88. The van der Waals surface area contributed by atoms with Crippen molar-refractivity contribution in [2.24, 2.45) is 0 Å². The lowest BCUT2D eigenvalue weighted by molar-refractivity contribution is 0.0189. The van der Waals surface area contributed by atoms with Crippen LogP contribution in [0.15, 0.2) is 22.9 Å². The Morgan fingerprint density at radius 3 is 3.00 bits per heavy atom. The lowest BCUT2D eigenvalue weighted by Crippen LogP contribution is -2.42. The molecule has 1 aliphatic heterocycles. The van der Waals surface area contributed by atoms with Gasteiger partial charge < -0.3 is 19.1 Å². The molecular weight excluding hydrogens is 296 g/mol. The van der Waals surface area contributed by atoms with Crippen molar-refractivity contribution in [1.29, 1.82) is 0 Å². The Morgan fingerprint density at radius 1 is 1.48 bits per heavy atom. The highest BCUT2D eigenvalue weighted by Gasteiger charge is 2.31. The second-order valence-corrected chi connectivity index (χ2v) is 6.81. The number of rotatable bonds is 2. The molecule has 1 N–H and O–H groups in total. The number of H-pyrrole nitrogens is 1. The lowest BCUT2D eigenvalue weighted by Gasteiger charge is -2.32. The van der Waals surface area contributed by atoms with Crippen molar-refractivity contribution in [2.45, 2.75) is 45.1 Å². The van der Waals surface area contributed by atoms with Crippen molar-refractivity contribution in [3.8, 4) is 11.5 Å². The Kier molecular flexibility index (Phi) is 4.11. The maximum Gasteiger partial charge on any atom is 0.410 e. The molecular formula is C16H22N4O3. The first-order valence-corrected chi connectivity index (χ1v) is 7.88. The van der Waals surface area contributed by atoms with E-state index >= 15 is 0 Å². The molecule has 0 saturated carbocycles. The first kappa shape index (κ1) is 15.6. The van der Waals surface area contributed by atoms with E-state index < -0.39 is 5.60 Å². The molecule has 1 amide bonds. The summed E-state index contributed by atoms with van der Waals surface area (Å²) in [5.41, 5.74) is 0.328. The largest absolute Gasteiger partial charge is 0.444 e. The standard InChI is InChI=1S/C16H22N4O3/c1-16(2,3)22-15(21)20-9-5-6-11(10-20)14-18-13(19-23-14)12-7-4-8-17-12/h4,7-8,11,17H,5-6,9-10H2,1-3H3. The van der Waals surface area contributed by atoms with E-state index in [1.54, 1.807) is 4.90 Å². The number of piperidine rings is 1. The highest BCUT2D eigenvalue weighted by Crippen LogP contribution is 2.28. The minimum absolute atomic E-state index is 0.0486. The molecule has 0 bridgehead atoms. The fourth-order valence-corrected chi connectivity index (χ4v) is 2.65. The van der Waals surface area contributed by atoms with Crippen molar-refractivity contribution in [2.75, 3.05) is 13.1 Å². The van der Waals surface area contributed by atoms with Gasteiger partial charge in [0.15, 0.2) is 0 Å². The zero-order valence-corrected chi connectivity index (χ0v) is 13.7. The molecule has 1 saturated heterocycles. The zero-order chi connectivity index (χ0) is 16.4. The van der Waals surface area contributed by atoms with Crippen LogP contribution in [-0.4, -0.2) is 44.8 Å². The summed E-state index contributed by atoms with van der Waals surface area (Å²) in [6.45, 7) is 6.84. The third kappa shape index (κ3) is 3.72. The van der Waals surface area contributed by atoms with E-state index in [9.17, 15) is 4.79 Å². The highest BCUT2D eigenvalue weighted by molar-refractivity contribution is 5.68. The van der Waals surface area contributed by atoms with E-state index in [2.05, 4.69) is 15.1 Å². The van der Waals surface area contributed by atoms with Crippen molar-refractivity contribution in [3.63, 3.8) is 0 Å². The second-order valence-electron chi connectivity index (χ2n) is 6.81. The van der Waals surface area contributed by atoms with Crippen LogP contribution in [0.5, 0.6) is 0 Å². The van der Waals surface area contributed by atoms with Crippen molar-refractivity contribution < 1.29 is 14.1 Å². The molecule has 23 heavy (non-hydrogen) atoms. The topological polar surface area (TPSA) is 84.2 Å². The third-order valence-corrected chi connectivity index (χ3v) is 3.70. The van der Waals surface area contributed by atoms with Gasteiger partial charge in [0.25, 0.3) is 0 Å². The smallest absolute Gasteiger partial charge is 0.410 e. The van der Waals surface area contributed by atoms with Gasteiger partial charge in [0.05, 0.1) is 11.6 Å². The molecule has 7 heteroatoms. The molecule has 2 aromatic rings. The van der Waals surface area contributed by atoms with Gasteiger partial charge in [-0.05, 0) is 45.7 Å². The molecule has 0 aliphatic carbocycles.